The van der Waals surface area contributed by atoms with Crippen molar-refractivity contribution >= 4 is 45.3 Å². The summed E-state index contributed by atoms with van der Waals surface area (Å²) in [6.07, 6.45) is 0. The van der Waals surface area contributed by atoms with Gasteiger partial charge in [0.25, 0.3) is 0 Å². The van der Waals surface area contributed by atoms with Crippen LogP contribution in [0.1, 0.15) is 0 Å². The number of halogens is 2. The third kappa shape index (κ3) is 9.20. The van der Waals surface area contributed by atoms with Crippen molar-refractivity contribution in [1.82, 2.24) is 0 Å². The maximum atomic E-state index is 10.6. The van der Waals surface area contributed by atoms with Crippen molar-refractivity contribution in [3.8, 4) is 0 Å². The molecule has 0 saturated carbocycles. The fraction of sp³-hybridized carbons (Fsp3) is 1.00. The SMILES string of the molecule is CP(=O)(OF)OF.[LiH].[LiH]. The van der Waals surface area contributed by atoms with Crippen molar-refractivity contribution in [2.45, 2.75) is 0 Å². The standard InChI is InChI=1S/CH3F2O3P.2Li.2H/c1-7(4,5-2)6-3;;;;/h1H3;;;;. The quantitative estimate of drug-likeness (QED) is 0.417. The molecule has 0 rings (SSSR count). The molecule has 0 saturated heterocycles. The summed E-state index contributed by atoms with van der Waals surface area (Å²) < 4.78 is 36.1. The Bertz CT molecular complexity index is 91.8. The van der Waals surface area contributed by atoms with Crippen LogP contribution in [0.3, 0.4) is 0 Å². The van der Waals surface area contributed by atoms with Crippen molar-refractivity contribution in [3.05, 3.63) is 0 Å². The molecule has 0 spiro atoms. The molecular formula is CH5F2Li2O3P. The Morgan fingerprint density at radius 1 is 1.22 bits per heavy atom. The number of hydrogen-bond donors (Lipinski definition) is 0. The summed E-state index contributed by atoms with van der Waals surface area (Å²) in [6, 6.07) is 0. The predicted octanol–water partition coefficient (Wildman–Crippen LogP) is 0.314. The molecular weight excluding hydrogens is 143 g/mol. The van der Waals surface area contributed by atoms with Crippen molar-refractivity contribution in [3.63, 3.8) is 0 Å². The van der Waals surface area contributed by atoms with E-state index in [1.807, 2.05) is 0 Å². The second-order valence-corrected chi connectivity index (χ2v) is 2.73. The van der Waals surface area contributed by atoms with Gasteiger partial charge in [-0.15, -0.1) is 9.46 Å². The summed E-state index contributed by atoms with van der Waals surface area (Å²) in [7, 11) is -3.99. The molecule has 0 fully saturated rings. The van der Waals surface area contributed by atoms with Crippen LogP contribution in [0.15, 0.2) is 0 Å². The summed E-state index contributed by atoms with van der Waals surface area (Å²) in [5.74, 6) is 0. The van der Waals surface area contributed by atoms with Crippen molar-refractivity contribution in [1.29, 1.82) is 0 Å². The maximum absolute atomic E-state index is 10.6. The average molecular weight is 148 g/mol. The Balaban J connectivity index is -0.000000180. The average Bonchev–Trinajstić information content (AvgIpc) is 1.68. The Hall–Kier alpha value is 1.20. The first-order chi connectivity index (χ1) is 3.12. The Kier molecular flexibility index (Phi) is 13.5. The van der Waals surface area contributed by atoms with Gasteiger partial charge in [0.15, 0.2) is 0 Å². The molecule has 0 aliphatic rings. The molecule has 0 radical (unpaired) electrons. The Morgan fingerprint density at radius 3 is 1.44 bits per heavy atom. The molecule has 0 aliphatic heterocycles. The molecule has 0 heterocycles. The van der Waals surface area contributed by atoms with E-state index in [-0.39, 0.29) is 37.7 Å². The van der Waals surface area contributed by atoms with Gasteiger partial charge in [-0.25, -0.2) is 0 Å². The Labute approximate surface area is 75.2 Å². The van der Waals surface area contributed by atoms with E-state index in [1.165, 1.54) is 0 Å². The normalized spacial score (nSPS) is 9.22. The molecule has 0 aromatic heterocycles. The second-order valence-electron chi connectivity index (χ2n) is 0.909. The van der Waals surface area contributed by atoms with Gasteiger partial charge >= 0.3 is 45.3 Å². The van der Waals surface area contributed by atoms with Gasteiger partial charge in [0.1, 0.15) is 0 Å². The van der Waals surface area contributed by atoms with Gasteiger partial charge in [-0.3, -0.25) is 4.57 Å². The van der Waals surface area contributed by atoms with E-state index in [0.717, 1.165) is 0 Å². The molecule has 0 unspecified atom stereocenters. The van der Waals surface area contributed by atoms with E-state index in [9.17, 15) is 13.6 Å². The second kappa shape index (κ2) is 7.31. The van der Waals surface area contributed by atoms with Crippen LogP contribution in [-0.4, -0.2) is 44.4 Å². The van der Waals surface area contributed by atoms with Crippen molar-refractivity contribution in [2.75, 3.05) is 6.66 Å². The summed E-state index contributed by atoms with van der Waals surface area (Å²) in [5, 5.41) is 0. The van der Waals surface area contributed by atoms with Gasteiger partial charge in [0.05, 0.1) is 0 Å². The third-order valence-corrected chi connectivity index (χ3v) is 0.752. The van der Waals surface area contributed by atoms with E-state index in [2.05, 4.69) is 9.46 Å². The van der Waals surface area contributed by atoms with Crippen molar-refractivity contribution in [2.24, 2.45) is 0 Å². The topological polar surface area (TPSA) is 35.5 Å². The molecule has 3 nitrogen and oxygen atoms in total. The van der Waals surface area contributed by atoms with Crippen LogP contribution in [0.25, 0.3) is 0 Å². The molecule has 0 atom stereocenters. The molecule has 0 aromatic carbocycles. The molecule has 0 N–H and O–H groups in total. The first-order valence-electron chi connectivity index (χ1n) is 1.30. The van der Waals surface area contributed by atoms with Crippen LogP contribution in [0.5, 0.6) is 0 Å². The fourth-order valence-electron chi connectivity index (χ4n) is 0.0106. The van der Waals surface area contributed by atoms with Gasteiger partial charge < -0.3 is 0 Å². The first-order valence-corrected chi connectivity index (χ1v) is 3.29. The summed E-state index contributed by atoms with van der Waals surface area (Å²) in [6.45, 7) is 0.660. The molecule has 0 amide bonds. The molecule has 48 valence electrons. The molecule has 0 bridgehead atoms. The van der Waals surface area contributed by atoms with E-state index >= 15 is 0 Å². The predicted molar refractivity (Wildman–Crippen MR) is 32.2 cm³/mol. The fourth-order valence-corrected chi connectivity index (χ4v) is 0.0319. The van der Waals surface area contributed by atoms with E-state index in [4.69, 9.17) is 0 Å². The van der Waals surface area contributed by atoms with Gasteiger partial charge in [0.2, 0.25) is 0 Å². The molecule has 9 heavy (non-hydrogen) atoms. The third-order valence-electron chi connectivity index (χ3n) is 0.251. The van der Waals surface area contributed by atoms with Crippen molar-refractivity contribution < 1.29 is 23.1 Å². The molecule has 8 heteroatoms. The van der Waals surface area contributed by atoms with E-state index < -0.39 is 7.60 Å². The number of rotatable bonds is 2. The van der Waals surface area contributed by atoms with Crippen LogP contribution < -0.4 is 0 Å². The van der Waals surface area contributed by atoms with Crippen LogP contribution in [0, 0.1) is 0 Å². The first kappa shape index (κ1) is 16.7. The van der Waals surface area contributed by atoms with E-state index in [0.29, 0.717) is 6.66 Å². The monoisotopic (exact) mass is 148 g/mol. The van der Waals surface area contributed by atoms with Gasteiger partial charge in [-0.2, -0.15) is 0 Å². The summed E-state index contributed by atoms with van der Waals surface area (Å²) in [5.41, 5.74) is 0. The Morgan fingerprint density at radius 2 is 1.44 bits per heavy atom. The number of hydrogen-bond acceptors (Lipinski definition) is 3. The zero-order chi connectivity index (χ0) is 5.91. The zero-order valence-electron chi connectivity index (χ0n) is 3.43. The summed E-state index contributed by atoms with van der Waals surface area (Å²) in [4.78, 5) is 0. The molecule has 0 aromatic rings. The zero-order valence-corrected chi connectivity index (χ0v) is 4.32. The van der Waals surface area contributed by atoms with Gasteiger partial charge in [0, 0.05) is 6.66 Å². The summed E-state index contributed by atoms with van der Waals surface area (Å²) >= 11 is 0. The van der Waals surface area contributed by atoms with Crippen LogP contribution in [-0.2, 0) is 14.0 Å². The van der Waals surface area contributed by atoms with Crippen LogP contribution in [0.4, 0.5) is 9.05 Å². The minimum atomic E-state index is -3.99. The van der Waals surface area contributed by atoms with Gasteiger partial charge in [-0.1, -0.05) is 0 Å². The van der Waals surface area contributed by atoms with Crippen LogP contribution >= 0.6 is 7.60 Å². The molecule has 0 aliphatic carbocycles. The van der Waals surface area contributed by atoms with Gasteiger partial charge in [-0.05, 0) is 9.05 Å². The van der Waals surface area contributed by atoms with E-state index in [1.54, 1.807) is 0 Å². The minimum absolute atomic E-state index is 0. The van der Waals surface area contributed by atoms with Crippen LogP contribution in [0.2, 0.25) is 0 Å².